The third-order valence-corrected chi connectivity index (χ3v) is 4.85. The third-order valence-electron chi connectivity index (χ3n) is 3.83. The van der Waals surface area contributed by atoms with E-state index in [1.54, 1.807) is 11.3 Å². The molecule has 2 rings (SSSR count). The van der Waals surface area contributed by atoms with Gasteiger partial charge in [-0.25, -0.2) is 9.78 Å². The molecule has 2 atom stereocenters. The first kappa shape index (κ1) is 16.2. The third kappa shape index (κ3) is 6.01. The van der Waals surface area contributed by atoms with Crippen molar-refractivity contribution in [2.75, 3.05) is 13.1 Å². The summed E-state index contributed by atoms with van der Waals surface area (Å²) in [5, 5.41) is 18.6. The Morgan fingerprint density at radius 1 is 1.48 bits per heavy atom. The Kier molecular flexibility index (Phi) is 6.45. The van der Waals surface area contributed by atoms with Crippen molar-refractivity contribution in [1.82, 2.24) is 15.6 Å². The van der Waals surface area contributed by atoms with Crippen LogP contribution in [0.2, 0.25) is 0 Å². The Morgan fingerprint density at radius 2 is 2.33 bits per heavy atom. The Morgan fingerprint density at radius 3 is 3.05 bits per heavy atom. The lowest BCUT2D eigenvalue weighted by Crippen LogP contribution is -2.40. The fraction of sp³-hybridized carbons (Fsp3) is 0.733. The number of amides is 2. The van der Waals surface area contributed by atoms with Crippen LogP contribution in [0.5, 0.6) is 0 Å². The minimum Gasteiger partial charge on any atom is -0.393 e. The van der Waals surface area contributed by atoms with E-state index in [2.05, 4.69) is 15.6 Å². The summed E-state index contributed by atoms with van der Waals surface area (Å²) in [6.45, 7) is 3.32. The Hall–Kier alpha value is -1.14. The van der Waals surface area contributed by atoms with Crippen LogP contribution in [0.3, 0.4) is 0 Å². The first-order valence-corrected chi connectivity index (χ1v) is 8.62. The molecule has 1 saturated carbocycles. The van der Waals surface area contributed by atoms with E-state index in [1.807, 2.05) is 12.3 Å². The lowest BCUT2D eigenvalue weighted by molar-refractivity contribution is 0.101. The average Bonchev–Trinajstić information content (AvgIpc) is 2.87. The molecule has 1 heterocycles. The number of carbonyl (C=O) groups excluding carboxylic acids is 1. The number of nitrogens with one attached hydrogen (secondary N) is 2. The van der Waals surface area contributed by atoms with Crippen LogP contribution >= 0.6 is 11.3 Å². The van der Waals surface area contributed by atoms with Gasteiger partial charge in [-0.15, -0.1) is 11.3 Å². The smallest absolute Gasteiger partial charge is 0.314 e. The maximum atomic E-state index is 11.7. The van der Waals surface area contributed by atoms with E-state index in [0.29, 0.717) is 19.0 Å². The van der Waals surface area contributed by atoms with Gasteiger partial charge >= 0.3 is 6.03 Å². The first-order chi connectivity index (χ1) is 10.1. The molecule has 1 aliphatic carbocycles. The van der Waals surface area contributed by atoms with E-state index in [1.165, 1.54) is 0 Å². The number of aromatic nitrogens is 1. The average molecular weight is 311 g/mol. The molecule has 0 aliphatic heterocycles. The number of aryl methyl sites for hydroxylation is 2. The van der Waals surface area contributed by atoms with Gasteiger partial charge in [0.15, 0.2) is 0 Å². The largest absolute Gasteiger partial charge is 0.393 e. The van der Waals surface area contributed by atoms with Gasteiger partial charge in [0, 0.05) is 30.6 Å². The van der Waals surface area contributed by atoms with Gasteiger partial charge in [0.1, 0.15) is 0 Å². The van der Waals surface area contributed by atoms with E-state index in [4.69, 9.17) is 0 Å². The van der Waals surface area contributed by atoms with Gasteiger partial charge in [0.05, 0.1) is 11.1 Å². The fourth-order valence-electron chi connectivity index (χ4n) is 2.71. The summed E-state index contributed by atoms with van der Waals surface area (Å²) in [6.07, 6.45) is 5.50. The second-order valence-electron chi connectivity index (χ2n) is 5.81. The predicted octanol–water partition coefficient (Wildman–Crippen LogP) is 2.23. The highest BCUT2D eigenvalue weighted by atomic mass is 32.1. The normalized spacial score (nSPS) is 22.0. The van der Waals surface area contributed by atoms with E-state index in [-0.39, 0.29) is 12.1 Å². The van der Waals surface area contributed by atoms with Crippen LogP contribution in [0.4, 0.5) is 4.79 Å². The lowest BCUT2D eigenvalue weighted by atomic mass is 9.87. The van der Waals surface area contributed by atoms with Gasteiger partial charge in [-0.2, -0.15) is 0 Å². The highest BCUT2D eigenvalue weighted by Crippen LogP contribution is 2.23. The van der Waals surface area contributed by atoms with E-state index in [0.717, 1.165) is 49.2 Å². The Labute approximate surface area is 130 Å². The van der Waals surface area contributed by atoms with Crippen LogP contribution in [0.1, 0.15) is 42.8 Å². The summed E-state index contributed by atoms with van der Waals surface area (Å²) in [5.74, 6) is 0.415. The zero-order chi connectivity index (χ0) is 15.1. The lowest BCUT2D eigenvalue weighted by Gasteiger charge is -2.25. The number of carbonyl (C=O) groups is 1. The van der Waals surface area contributed by atoms with Crippen molar-refractivity contribution < 1.29 is 9.90 Å². The highest BCUT2D eigenvalue weighted by Gasteiger charge is 2.20. The first-order valence-electron chi connectivity index (χ1n) is 7.74. The van der Waals surface area contributed by atoms with Crippen molar-refractivity contribution >= 4 is 17.4 Å². The predicted molar refractivity (Wildman–Crippen MR) is 84.5 cm³/mol. The Balaban J connectivity index is 1.53. The van der Waals surface area contributed by atoms with Gasteiger partial charge in [-0.05, 0) is 38.5 Å². The molecular weight excluding hydrogens is 286 g/mol. The van der Waals surface area contributed by atoms with Crippen LogP contribution in [-0.2, 0) is 6.42 Å². The molecule has 0 saturated heterocycles. The number of urea groups is 1. The fourth-order valence-corrected chi connectivity index (χ4v) is 3.52. The summed E-state index contributed by atoms with van der Waals surface area (Å²) >= 11 is 1.67. The minimum atomic E-state index is -0.185. The van der Waals surface area contributed by atoms with Gasteiger partial charge in [0.2, 0.25) is 0 Å². The van der Waals surface area contributed by atoms with Gasteiger partial charge < -0.3 is 15.7 Å². The number of hydrogen-bond acceptors (Lipinski definition) is 4. The standard InChI is InChI=1S/C15H25N3O2S/c1-11-10-21-14(18-11)6-3-7-16-15(20)17-9-12-4-2-5-13(19)8-12/h10,12-13,19H,2-9H2,1H3,(H2,16,17,20). The monoisotopic (exact) mass is 311 g/mol. The highest BCUT2D eigenvalue weighted by molar-refractivity contribution is 7.09. The molecule has 1 aromatic rings. The minimum absolute atomic E-state index is 0.106. The van der Waals surface area contributed by atoms with Crippen LogP contribution in [0.25, 0.3) is 0 Å². The number of hydrogen-bond donors (Lipinski definition) is 3. The number of rotatable bonds is 6. The quantitative estimate of drug-likeness (QED) is 0.705. The molecule has 1 aromatic heterocycles. The molecule has 118 valence electrons. The van der Waals surface area contributed by atoms with Crippen molar-refractivity contribution in [1.29, 1.82) is 0 Å². The van der Waals surface area contributed by atoms with Crippen LogP contribution in [0.15, 0.2) is 5.38 Å². The van der Waals surface area contributed by atoms with Crippen molar-refractivity contribution in [2.45, 2.75) is 51.6 Å². The van der Waals surface area contributed by atoms with Crippen molar-refractivity contribution in [3.05, 3.63) is 16.1 Å². The molecule has 3 N–H and O–H groups in total. The van der Waals surface area contributed by atoms with Crippen LogP contribution in [0, 0.1) is 12.8 Å². The molecule has 21 heavy (non-hydrogen) atoms. The zero-order valence-corrected chi connectivity index (χ0v) is 13.4. The Bertz CT molecular complexity index is 450. The number of aliphatic hydroxyl groups is 1. The summed E-state index contributed by atoms with van der Waals surface area (Å²) in [6, 6.07) is -0.106. The maximum Gasteiger partial charge on any atom is 0.314 e. The van der Waals surface area contributed by atoms with Crippen molar-refractivity contribution in [3.8, 4) is 0 Å². The summed E-state index contributed by atoms with van der Waals surface area (Å²) in [5.41, 5.74) is 1.07. The summed E-state index contributed by atoms with van der Waals surface area (Å²) < 4.78 is 0. The van der Waals surface area contributed by atoms with Crippen molar-refractivity contribution in [3.63, 3.8) is 0 Å². The van der Waals surface area contributed by atoms with Gasteiger partial charge in [-0.3, -0.25) is 0 Å². The molecule has 1 aliphatic rings. The van der Waals surface area contributed by atoms with E-state index in [9.17, 15) is 9.90 Å². The second kappa shape index (κ2) is 8.34. The number of thiazole rings is 1. The van der Waals surface area contributed by atoms with Crippen molar-refractivity contribution in [2.24, 2.45) is 5.92 Å². The molecule has 0 radical (unpaired) electrons. The topological polar surface area (TPSA) is 74.2 Å². The second-order valence-corrected chi connectivity index (χ2v) is 6.75. The number of nitrogens with zero attached hydrogens (tertiary/aromatic N) is 1. The molecule has 0 aromatic carbocycles. The molecule has 0 spiro atoms. The van der Waals surface area contributed by atoms with Gasteiger partial charge in [-0.1, -0.05) is 6.42 Å². The summed E-state index contributed by atoms with van der Waals surface area (Å²) in [4.78, 5) is 16.1. The molecule has 2 unspecified atom stereocenters. The maximum absolute atomic E-state index is 11.7. The SMILES string of the molecule is Cc1csc(CCCNC(=O)NCC2CCCC(O)C2)n1. The van der Waals surface area contributed by atoms with Crippen LogP contribution in [-0.4, -0.2) is 35.3 Å². The molecule has 1 fully saturated rings. The molecule has 5 nitrogen and oxygen atoms in total. The van der Waals surface area contributed by atoms with E-state index < -0.39 is 0 Å². The zero-order valence-electron chi connectivity index (χ0n) is 12.6. The molecule has 6 heteroatoms. The molecular formula is C15H25N3O2S. The van der Waals surface area contributed by atoms with Gasteiger partial charge in [0.25, 0.3) is 0 Å². The summed E-state index contributed by atoms with van der Waals surface area (Å²) in [7, 11) is 0. The molecule has 0 bridgehead atoms. The van der Waals surface area contributed by atoms with E-state index >= 15 is 0 Å². The number of aliphatic hydroxyl groups excluding tert-OH is 1. The van der Waals surface area contributed by atoms with Crippen LogP contribution < -0.4 is 10.6 Å². The molecule has 2 amide bonds.